The fourth-order valence-electron chi connectivity index (χ4n) is 4.39. The molecule has 0 bridgehead atoms. The first kappa shape index (κ1) is 19.5. The molecular weight excluding hydrogens is 408 g/mol. The van der Waals surface area contributed by atoms with Crippen molar-refractivity contribution in [3.63, 3.8) is 0 Å². The lowest BCUT2D eigenvalue weighted by Crippen LogP contribution is -2.30. The molecule has 154 valence electrons. The van der Waals surface area contributed by atoms with Gasteiger partial charge in [-0.2, -0.15) is 0 Å². The quantitative estimate of drug-likeness (QED) is 0.548. The van der Waals surface area contributed by atoms with Crippen molar-refractivity contribution in [1.82, 2.24) is 0 Å². The predicted molar refractivity (Wildman–Crippen MR) is 120 cm³/mol. The maximum atomic E-state index is 13.7. The summed E-state index contributed by atoms with van der Waals surface area (Å²) >= 11 is 0. The Morgan fingerprint density at radius 2 is 1.55 bits per heavy atom. The van der Waals surface area contributed by atoms with Gasteiger partial charge in [0.2, 0.25) is 9.84 Å². The molecule has 5 heteroatoms. The van der Waals surface area contributed by atoms with E-state index < -0.39 is 21.4 Å². The highest BCUT2D eigenvalue weighted by atomic mass is 32.2. The Bertz CT molecular complexity index is 1350. The maximum Gasteiger partial charge on any atom is 0.351 e. The first-order valence-corrected chi connectivity index (χ1v) is 11.5. The molecule has 2 aliphatic rings. The lowest BCUT2D eigenvalue weighted by atomic mass is 9.76. The van der Waals surface area contributed by atoms with Crippen LogP contribution in [0.15, 0.2) is 94.7 Å². The number of carbonyl (C=O) groups is 1. The number of aryl methyl sites for hydroxylation is 1. The summed E-state index contributed by atoms with van der Waals surface area (Å²) in [4.78, 5) is 13.0. The predicted octanol–water partition coefficient (Wildman–Crippen LogP) is 5.05. The van der Waals surface area contributed by atoms with Crippen molar-refractivity contribution in [3.8, 4) is 0 Å². The van der Waals surface area contributed by atoms with Gasteiger partial charge in [0, 0.05) is 17.6 Å². The molecule has 1 heterocycles. The second kappa shape index (κ2) is 7.06. The third-order valence-corrected chi connectivity index (χ3v) is 7.65. The van der Waals surface area contributed by atoms with Crippen LogP contribution in [0.25, 0.3) is 11.6 Å². The normalized spacial score (nSPS) is 20.1. The summed E-state index contributed by atoms with van der Waals surface area (Å²) in [5.41, 5.74) is 2.51. The minimum absolute atomic E-state index is 0.0789. The summed E-state index contributed by atoms with van der Waals surface area (Å²) in [6, 6.07) is 23.3. The van der Waals surface area contributed by atoms with E-state index in [0.717, 1.165) is 16.7 Å². The molecule has 0 saturated carbocycles. The number of sulfone groups is 1. The highest BCUT2D eigenvalue weighted by Gasteiger charge is 2.54. The summed E-state index contributed by atoms with van der Waals surface area (Å²) in [6.07, 6.45) is 4.27. The summed E-state index contributed by atoms with van der Waals surface area (Å²) in [5.74, 6) is -0.815. The molecule has 1 aliphatic heterocycles. The van der Waals surface area contributed by atoms with Crippen molar-refractivity contribution in [2.24, 2.45) is 0 Å². The number of hydrogen-bond donors (Lipinski definition) is 0. The van der Waals surface area contributed by atoms with Crippen LogP contribution in [0, 0.1) is 6.92 Å². The van der Waals surface area contributed by atoms with Crippen LogP contribution in [0.5, 0.6) is 0 Å². The van der Waals surface area contributed by atoms with Crippen LogP contribution in [0.2, 0.25) is 0 Å². The molecule has 31 heavy (non-hydrogen) atoms. The molecule has 1 atom stereocenters. The Morgan fingerprint density at radius 1 is 0.871 bits per heavy atom. The van der Waals surface area contributed by atoms with E-state index in [-0.39, 0.29) is 9.80 Å². The smallest absolute Gasteiger partial charge is 0.351 e. The van der Waals surface area contributed by atoms with Crippen molar-refractivity contribution in [2.75, 3.05) is 0 Å². The Morgan fingerprint density at radius 3 is 2.29 bits per heavy atom. The number of rotatable bonds is 3. The van der Waals surface area contributed by atoms with Gasteiger partial charge in [0.1, 0.15) is 0 Å². The molecule has 3 aromatic rings. The zero-order chi connectivity index (χ0) is 21.6. The molecule has 1 spiro atoms. The zero-order valence-corrected chi connectivity index (χ0v) is 17.7. The van der Waals surface area contributed by atoms with E-state index in [4.69, 9.17) is 4.74 Å². The number of hydrogen-bond acceptors (Lipinski definition) is 4. The van der Waals surface area contributed by atoms with E-state index in [2.05, 4.69) is 0 Å². The topological polar surface area (TPSA) is 60.4 Å². The van der Waals surface area contributed by atoms with Crippen LogP contribution < -0.4 is 0 Å². The summed E-state index contributed by atoms with van der Waals surface area (Å²) in [7, 11) is -4.10. The third kappa shape index (κ3) is 2.96. The summed E-state index contributed by atoms with van der Waals surface area (Å²) in [6.45, 7) is 1.88. The average molecular weight is 429 g/mol. The maximum absolute atomic E-state index is 13.7. The van der Waals surface area contributed by atoms with Crippen molar-refractivity contribution < 1.29 is 17.9 Å². The highest BCUT2D eigenvalue weighted by molar-refractivity contribution is 7.96. The van der Waals surface area contributed by atoms with E-state index in [1.807, 2.05) is 73.7 Å². The second-order valence-corrected chi connectivity index (χ2v) is 9.68. The molecular formula is C26H20O4S. The van der Waals surface area contributed by atoms with E-state index >= 15 is 0 Å². The van der Waals surface area contributed by atoms with E-state index in [1.165, 1.54) is 12.1 Å². The molecule has 3 aromatic carbocycles. The van der Waals surface area contributed by atoms with Crippen LogP contribution in [-0.4, -0.2) is 14.4 Å². The molecule has 0 amide bonds. The van der Waals surface area contributed by atoms with Gasteiger partial charge >= 0.3 is 5.97 Å². The summed E-state index contributed by atoms with van der Waals surface area (Å²) in [5, 5.41) is 0. The van der Waals surface area contributed by atoms with Crippen molar-refractivity contribution >= 4 is 27.5 Å². The van der Waals surface area contributed by atoms with Gasteiger partial charge in [-0.3, -0.25) is 0 Å². The fourth-order valence-corrected chi connectivity index (χ4v) is 5.94. The van der Waals surface area contributed by atoms with Crippen molar-refractivity contribution in [2.45, 2.75) is 23.8 Å². The number of benzene rings is 3. The fraction of sp³-hybridized carbons (Fsp3) is 0.115. The Kier molecular flexibility index (Phi) is 4.45. The molecule has 0 saturated heterocycles. The molecule has 1 unspecified atom stereocenters. The Labute approximate surface area is 181 Å². The number of ether oxygens (including phenoxy) is 1. The molecule has 0 N–H and O–H groups in total. The molecule has 0 fully saturated rings. The van der Waals surface area contributed by atoms with Crippen molar-refractivity contribution in [1.29, 1.82) is 0 Å². The van der Waals surface area contributed by atoms with E-state index in [9.17, 15) is 13.2 Å². The molecule has 0 aromatic heterocycles. The zero-order valence-electron chi connectivity index (χ0n) is 16.9. The van der Waals surface area contributed by atoms with Gasteiger partial charge in [-0.15, -0.1) is 0 Å². The van der Waals surface area contributed by atoms with Crippen LogP contribution in [0.1, 0.15) is 28.7 Å². The van der Waals surface area contributed by atoms with Gasteiger partial charge in [-0.1, -0.05) is 84.4 Å². The largest absolute Gasteiger partial charge is 0.445 e. The highest BCUT2D eigenvalue weighted by Crippen LogP contribution is 2.53. The summed E-state index contributed by atoms with van der Waals surface area (Å²) < 4.78 is 33.4. The van der Waals surface area contributed by atoms with Crippen molar-refractivity contribution in [3.05, 3.63) is 112 Å². The van der Waals surface area contributed by atoms with E-state index in [1.54, 1.807) is 12.1 Å². The second-order valence-electron chi connectivity index (χ2n) is 7.80. The lowest BCUT2D eigenvalue weighted by Gasteiger charge is -2.34. The number of carbonyl (C=O) groups excluding carboxylic acids is 1. The van der Waals surface area contributed by atoms with Gasteiger partial charge in [-0.25, -0.2) is 13.2 Å². The lowest BCUT2D eigenvalue weighted by molar-refractivity contribution is -0.146. The minimum Gasteiger partial charge on any atom is -0.445 e. The molecule has 5 rings (SSSR count). The molecule has 4 nitrogen and oxygen atoms in total. The van der Waals surface area contributed by atoms with Crippen LogP contribution in [0.4, 0.5) is 0 Å². The first-order chi connectivity index (χ1) is 14.9. The monoisotopic (exact) mass is 428 g/mol. The van der Waals surface area contributed by atoms with Crippen LogP contribution in [-0.2, 0) is 25.0 Å². The average Bonchev–Trinajstić information content (AvgIpc) is 3.08. The Hall–Kier alpha value is -3.44. The third-order valence-electron chi connectivity index (χ3n) is 5.84. The first-order valence-electron chi connectivity index (χ1n) is 10.0. The van der Waals surface area contributed by atoms with Crippen LogP contribution >= 0.6 is 0 Å². The van der Waals surface area contributed by atoms with Gasteiger partial charge < -0.3 is 4.74 Å². The molecule has 1 aliphatic carbocycles. The standard InChI is InChI=1S/C26H20O4S/c1-18-13-15-21(16-14-18)31(28,29)24-23(20-9-3-2-4-10-20)26(30-25(24)27)17-7-11-19-8-5-6-12-22(19)26/h2-16H,17H2,1H3. The van der Waals surface area contributed by atoms with Crippen LogP contribution in [0.3, 0.4) is 0 Å². The molecule has 0 radical (unpaired) electrons. The van der Waals surface area contributed by atoms with E-state index in [0.29, 0.717) is 17.6 Å². The Balaban J connectivity index is 1.84. The SMILES string of the molecule is Cc1ccc(S(=O)(=O)C2=C(c3ccccc3)C3(CC=Cc4ccccc43)OC2=O)cc1. The van der Waals surface area contributed by atoms with Gasteiger partial charge in [0.15, 0.2) is 10.5 Å². The number of fused-ring (bicyclic) bond motifs is 2. The minimum atomic E-state index is -4.10. The van der Waals surface area contributed by atoms with Gasteiger partial charge in [0.25, 0.3) is 0 Å². The van der Waals surface area contributed by atoms with Gasteiger partial charge in [0.05, 0.1) is 4.90 Å². The number of esters is 1. The van der Waals surface area contributed by atoms with Gasteiger partial charge in [-0.05, 0) is 30.2 Å².